The number of rotatable bonds is 5. The maximum atomic E-state index is 13.4. The highest BCUT2D eigenvalue weighted by Gasteiger charge is 2.25. The van der Waals surface area contributed by atoms with E-state index in [1.807, 2.05) is 30.0 Å². The largest absolute Gasteiger partial charge is 0.497 e. The highest BCUT2D eigenvalue weighted by Crippen LogP contribution is 2.31. The third-order valence-electron chi connectivity index (χ3n) is 6.34. The summed E-state index contributed by atoms with van der Waals surface area (Å²) in [5, 5.41) is 1.44. The van der Waals surface area contributed by atoms with E-state index in [9.17, 15) is 9.59 Å². The van der Waals surface area contributed by atoms with Crippen LogP contribution in [0.4, 0.5) is 0 Å². The molecule has 2 aromatic carbocycles. The molecule has 33 heavy (non-hydrogen) atoms. The Morgan fingerprint density at radius 2 is 1.70 bits per heavy atom. The summed E-state index contributed by atoms with van der Waals surface area (Å²) >= 11 is 6.00. The van der Waals surface area contributed by atoms with Gasteiger partial charge in [-0.2, -0.15) is 0 Å². The smallest absolute Gasteiger partial charge is 0.262 e. The van der Waals surface area contributed by atoms with Crippen molar-refractivity contribution >= 4 is 46.7 Å². The molecule has 2 heterocycles. The van der Waals surface area contributed by atoms with Gasteiger partial charge >= 0.3 is 0 Å². The zero-order chi connectivity index (χ0) is 22.8. The molecule has 0 saturated carbocycles. The number of hydrogen-bond donors (Lipinski definition) is 0. The fourth-order valence-corrected chi connectivity index (χ4v) is 4.50. The van der Waals surface area contributed by atoms with Crippen LogP contribution >= 0.6 is 24.0 Å². The van der Waals surface area contributed by atoms with Crippen LogP contribution in [0, 0.1) is 6.92 Å². The predicted octanol–water partition coefficient (Wildman–Crippen LogP) is 4.43. The summed E-state index contributed by atoms with van der Waals surface area (Å²) in [6.45, 7) is 8.30. The first-order chi connectivity index (χ1) is 15.4. The number of nitrogens with zero attached hydrogens (tertiary/aromatic N) is 3. The van der Waals surface area contributed by atoms with Crippen LogP contribution in [0.3, 0.4) is 0 Å². The molecule has 1 aliphatic heterocycles. The standard InChI is InChI=1S/C25H28ClN3O3.ClH/c1-4-27-11-13-28(14-12-27)24(30)16-21-17(2)29(23-10-9-20(32-3)15-22(21)23)25(31)18-5-7-19(26)8-6-18;/h5-10,15H,4,11-14,16H2,1-3H3;1H. The van der Waals surface area contributed by atoms with Crippen LogP contribution in [0.25, 0.3) is 10.9 Å². The van der Waals surface area contributed by atoms with E-state index < -0.39 is 0 Å². The molecular weight excluding hydrogens is 461 g/mol. The lowest BCUT2D eigenvalue weighted by atomic mass is 10.1. The molecule has 8 heteroatoms. The van der Waals surface area contributed by atoms with Crippen LogP contribution in [0.5, 0.6) is 5.75 Å². The molecule has 0 atom stereocenters. The summed E-state index contributed by atoms with van der Waals surface area (Å²) in [7, 11) is 1.61. The number of aromatic nitrogens is 1. The van der Waals surface area contributed by atoms with Gasteiger partial charge in [0.15, 0.2) is 0 Å². The summed E-state index contributed by atoms with van der Waals surface area (Å²) in [6, 6.07) is 12.5. The number of amides is 1. The number of methoxy groups -OCH3 is 1. The second-order valence-electron chi connectivity index (χ2n) is 8.09. The Bertz CT molecular complexity index is 1150. The molecule has 0 radical (unpaired) electrons. The Morgan fingerprint density at radius 3 is 2.30 bits per heavy atom. The molecule has 0 bridgehead atoms. The SMILES string of the molecule is CCN1CCN(C(=O)Cc2c(C)n(C(=O)c3ccc(Cl)cc3)c3ccc(OC)cc23)CC1.Cl. The van der Waals surface area contributed by atoms with Crippen molar-refractivity contribution in [1.29, 1.82) is 0 Å². The topological polar surface area (TPSA) is 54.8 Å². The molecule has 0 spiro atoms. The fourth-order valence-electron chi connectivity index (χ4n) is 4.37. The van der Waals surface area contributed by atoms with E-state index in [0.717, 1.165) is 54.9 Å². The lowest BCUT2D eigenvalue weighted by molar-refractivity contribution is -0.132. The summed E-state index contributed by atoms with van der Waals surface area (Å²) in [5.41, 5.74) is 2.94. The number of ether oxygens (including phenoxy) is 1. The number of piperazine rings is 1. The molecule has 1 saturated heterocycles. The fraction of sp³-hybridized carbons (Fsp3) is 0.360. The molecule has 3 aromatic rings. The van der Waals surface area contributed by atoms with E-state index in [0.29, 0.717) is 16.3 Å². The normalized spacial score (nSPS) is 14.2. The van der Waals surface area contributed by atoms with Crippen molar-refractivity contribution in [2.24, 2.45) is 0 Å². The molecule has 0 aliphatic carbocycles. The monoisotopic (exact) mass is 489 g/mol. The zero-order valence-electron chi connectivity index (χ0n) is 19.1. The van der Waals surface area contributed by atoms with Crippen LogP contribution in [0.2, 0.25) is 5.02 Å². The Labute approximate surface area is 205 Å². The molecule has 0 unspecified atom stereocenters. The first-order valence-electron chi connectivity index (χ1n) is 10.9. The number of benzene rings is 2. The Kier molecular flexibility index (Phi) is 8.05. The predicted molar refractivity (Wildman–Crippen MR) is 134 cm³/mol. The maximum absolute atomic E-state index is 13.4. The average molecular weight is 490 g/mol. The number of fused-ring (bicyclic) bond motifs is 1. The van der Waals surface area contributed by atoms with Crippen molar-refractivity contribution < 1.29 is 14.3 Å². The van der Waals surface area contributed by atoms with Gasteiger partial charge in [-0.3, -0.25) is 14.2 Å². The van der Waals surface area contributed by atoms with E-state index in [4.69, 9.17) is 16.3 Å². The van der Waals surface area contributed by atoms with Crippen LogP contribution < -0.4 is 4.74 Å². The van der Waals surface area contributed by atoms with Gasteiger partial charge in [0.2, 0.25) is 5.91 Å². The lowest BCUT2D eigenvalue weighted by Crippen LogP contribution is -2.48. The van der Waals surface area contributed by atoms with Gasteiger partial charge in [-0.15, -0.1) is 12.4 Å². The highest BCUT2D eigenvalue weighted by molar-refractivity contribution is 6.30. The summed E-state index contributed by atoms with van der Waals surface area (Å²) in [5.74, 6) is 0.633. The first-order valence-corrected chi connectivity index (χ1v) is 11.3. The number of likely N-dealkylation sites (N-methyl/N-ethyl adjacent to an activating group) is 1. The van der Waals surface area contributed by atoms with E-state index in [1.54, 1.807) is 35.9 Å². The molecule has 1 fully saturated rings. The zero-order valence-corrected chi connectivity index (χ0v) is 20.7. The van der Waals surface area contributed by atoms with Crippen molar-refractivity contribution in [1.82, 2.24) is 14.4 Å². The molecule has 4 rings (SSSR count). The second-order valence-corrected chi connectivity index (χ2v) is 8.52. The summed E-state index contributed by atoms with van der Waals surface area (Å²) in [4.78, 5) is 30.8. The molecule has 1 aromatic heterocycles. The lowest BCUT2D eigenvalue weighted by Gasteiger charge is -2.34. The van der Waals surface area contributed by atoms with Crippen molar-refractivity contribution in [3.8, 4) is 5.75 Å². The van der Waals surface area contributed by atoms with Gasteiger partial charge in [0.1, 0.15) is 5.75 Å². The molecule has 6 nitrogen and oxygen atoms in total. The number of hydrogen-bond acceptors (Lipinski definition) is 4. The Hall–Kier alpha value is -2.54. The summed E-state index contributed by atoms with van der Waals surface area (Å²) in [6.07, 6.45) is 0.253. The number of halogens is 2. The first kappa shape index (κ1) is 25.1. The van der Waals surface area contributed by atoms with E-state index in [2.05, 4.69) is 11.8 Å². The molecule has 1 amide bonds. The quantitative estimate of drug-likeness (QED) is 0.531. The third-order valence-corrected chi connectivity index (χ3v) is 6.59. The van der Waals surface area contributed by atoms with Gasteiger partial charge in [0.25, 0.3) is 5.91 Å². The van der Waals surface area contributed by atoms with E-state index in [1.165, 1.54) is 0 Å². The minimum Gasteiger partial charge on any atom is -0.497 e. The Morgan fingerprint density at radius 1 is 1.03 bits per heavy atom. The van der Waals surface area contributed by atoms with Crippen LogP contribution in [-0.2, 0) is 11.2 Å². The number of carbonyl (C=O) groups is 2. The van der Waals surface area contributed by atoms with Gasteiger partial charge in [-0.25, -0.2) is 0 Å². The van der Waals surface area contributed by atoms with Crippen LogP contribution in [-0.4, -0.2) is 66.0 Å². The van der Waals surface area contributed by atoms with Gasteiger partial charge in [-0.1, -0.05) is 18.5 Å². The third kappa shape index (κ3) is 5.03. The van der Waals surface area contributed by atoms with Gasteiger partial charge in [0.05, 0.1) is 19.0 Å². The van der Waals surface area contributed by atoms with Crippen molar-refractivity contribution in [3.63, 3.8) is 0 Å². The van der Waals surface area contributed by atoms with Crippen molar-refractivity contribution in [3.05, 3.63) is 64.3 Å². The Balaban J connectivity index is 0.00000306. The van der Waals surface area contributed by atoms with Crippen molar-refractivity contribution in [2.45, 2.75) is 20.3 Å². The minimum atomic E-state index is -0.149. The second kappa shape index (κ2) is 10.6. The summed E-state index contributed by atoms with van der Waals surface area (Å²) < 4.78 is 7.11. The van der Waals surface area contributed by atoms with Gasteiger partial charge < -0.3 is 14.5 Å². The molecule has 0 N–H and O–H groups in total. The molecule has 176 valence electrons. The van der Waals surface area contributed by atoms with E-state index in [-0.39, 0.29) is 30.6 Å². The van der Waals surface area contributed by atoms with Crippen LogP contribution in [0.15, 0.2) is 42.5 Å². The molecular formula is C25H29Cl2N3O3. The maximum Gasteiger partial charge on any atom is 0.262 e. The van der Waals surface area contributed by atoms with Crippen molar-refractivity contribution in [2.75, 3.05) is 39.8 Å². The van der Waals surface area contributed by atoms with E-state index >= 15 is 0 Å². The average Bonchev–Trinajstić information content (AvgIpc) is 3.09. The van der Waals surface area contributed by atoms with Crippen LogP contribution in [0.1, 0.15) is 28.5 Å². The number of carbonyl (C=O) groups excluding carboxylic acids is 2. The molecule has 1 aliphatic rings. The highest BCUT2D eigenvalue weighted by atomic mass is 35.5. The van der Waals surface area contributed by atoms with Gasteiger partial charge in [0, 0.05) is 47.8 Å². The van der Waals surface area contributed by atoms with Gasteiger partial charge in [-0.05, 0) is 61.5 Å². The minimum absolute atomic E-state index is 0.